The molecule has 0 atom stereocenters. The molecular formula is C12H14F3N. The summed E-state index contributed by atoms with van der Waals surface area (Å²) in [6.45, 7) is 4.07. The molecule has 4 heteroatoms. The molecule has 0 bridgehead atoms. The van der Waals surface area contributed by atoms with E-state index in [0.29, 0.717) is 6.54 Å². The summed E-state index contributed by atoms with van der Waals surface area (Å²) < 4.78 is 37.7. The first kappa shape index (κ1) is 12.6. The molecule has 0 spiro atoms. The van der Waals surface area contributed by atoms with Gasteiger partial charge in [-0.1, -0.05) is 18.2 Å². The van der Waals surface area contributed by atoms with E-state index in [0.717, 1.165) is 18.9 Å². The van der Waals surface area contributed by atoms with Gasteiger partial charge in [0.15, 0.2) is 0 Å². The van der Waals surface area contributed by atoms with Crippen molar-refractivity contribution in [3.05, 3.63) is 42.5 Å². The average molecular weight is 229 g/mol. The van der Waals surface area contributed by atoms with Crippen LogP contribution in [0.3, 0.4) is 0 Å². The van der Waals surface area contributed by atoms with Crippen molar-refractivity contribution in [3.63, 3.8) is 0 Å². The Morgan fingerprint density at radius 2 is 1.94 bits per heavy atom. The fourth-order valence-electron chi connectivity index (χ4n) is 1.35. The predicted molar refractivity (Wildman–Crippen MR) is 59.4 cm³/mol. The molecule has 1 rings (SSSR count). The van der Waals surface area contributed by atoms with Crippen molar-refractivity contribution >= 4 is 5.69 Å². The van der Waals surface area contributed by atoms with E-state index in [1.807, 2.05) is 0 Å². The number of hydrogen-bond donors (Lipinski definition) is 1. The topological polar surface area (TPSA) is 12.0 Å². The second-order valence-corrected chi connectivity index (χ2v) is 3.40. The first-order valence-corrected chi connectivity index (χ1v) is 5.06. The lowest BCUT2D eigenvalue weighted by Gasteiger charge is -2.13. The van der Waals surface area contributed by atoms with E-state index in [9.17, 15) is 13.2 Å². The van der Waals surface area contributed by atoms with Crippen molar-refractivity contribution in [1.29, 1.82) is 0 Å². The van der Waals surface area contributed by atoms with E-state index >= 15 is 0 Å². The summed E-state index contributed by atoms with van der Waals surface area (Å²) in [5.41, 5.74) is -0.479. The van der Waals surface area contributed by atoms with Gasteiger partial charge in [0.1, 0.15) is 0 Å². The number of allylic oxidation sites excluding steroid dienone is 1. The molecule has 1 aromatic rings. The molecule has 0 aliphatic rings. The van der Waals surface area contributed by atoms with E-state index in [-0.39, 0.29) is 5.69 Å². The Hall–Kier alpha value is -1.45. The molecule has 1 N–H and O–H groups in total. The van der Waals surface area contributed by atoms with Gasteiger partial charge in [-0.25, -0.2) is 0 Å². The Labute approximate surface area is 93.0 Å². The number of halogens is 3. The number of nitrogens with one attached hydrogen (secondary N) is 1. The van der Waals surface area contributed by atoms with Crippen LogP contribution < -0.4 is 5.32 Å². The monoisotopic (exact) mass is 229 g/mol. The summed E-state index contributed by atoms with van der Waals surface area (Å²) in [6, 6.07) is 5.50. The van der Waals surface area contributed by atoms with Gasteiger partial charge in [0.2, 0.25) is 0 Å². The third kappa shape index (κ3) is 3.61. The van der Waals surface area contributed by atoms with E-state index in [1.54, 1.807) is 12.1 Å². The third-order valence-electron chi connectivity index (χ3n) is 2.13. The maximum atomic E-state index is 12.6. The molecule has 0 aliphatic carbocycles. The Kier molecular flexibility index (Phi) is 4.40. The second kappa shape index (κ2) is 5.58. The van der Waals surface area contributed by atoms with Gasteiger partial charge in [0.25, 0.3) is 0 Å². The summed E-state index contributed by atoms with van der Waals surface area (Å²) in [5.74, 6) is 0. The molecule has 0 saturated carbocycles. The van der Waals surface area contributed by atoms with Crippen LogP contribution in [0, 0.1) is 0 Å². The molecule has 0 unspecified atom stereocenters. The molecule has 16 heavy (non-hydrogen) atoms. The Bertz CT molecular complexity index is 344. The summed E-state index contributed by atoms with van der Waals surface area (Å²) >= 11 is 0. The van der Waals surface area contributed by atoms with Crippen molar-refractivity contribution in [2.24, 2.45) is 0 Å². The molecule has 0 aliphatic heterocycles. The minimum atomic E-state index is -4.30. The largest absolute Gasteiger partial charge is 0.418 e. The van der Waals surface area contributed by atoms with Crippen LogP contribution in [0.25, 0.3) is 0 Å². The zero-order valence-corrected chi connectivity index (χ0v) is 8.85. The molecule has 0 heterocycles. The molecule has 0 amide bonds. The Morgan fingerprint density at radius 1 is 1.25 bits per heavy atom. The molecule has 0 fully saturated rings. The van der Waals surface area contributed by atoms with E-state index < -0.39 is 11.7 Å². The van der Waals surface area contributed by atoms with Crippen LogP contribution in [-0.2, 0) is 6.18 Å². The average Bonchev–Trinajstić information content (AvgIpc) is 2.24. The van der Waals surface area contributed by atoms with Crippen LogP contribution in [0.1, 0.15) is 18.4 Å². The molecule has 88 valence electrons. The van der Waals surface area contributed by atoms with Gasteiger partial charge in [-0.2, -0.15) is 13.2 Å². The molecule has 1 nitrogen and oxygen atoms in total. The highest BCUT2D eigenvalue weighted by Gasteiger charge is 2.32. The van der Waals surface area contributed by atoms with Gasteiger partial charge in [0.05, 0.1) is 5.56 Å². The SMILES string of the molecule is C=CCCCNc1ccccc1C(F)(F)F. The van der Waals surface area contributed by atoms with Gasteiger partial charge in [-0.3, -0.25) is 0 Å². The van der Waals surface area contributed by atoms with Crippen LogP contribution in [-0.4, -0.2) is 6.54 Å². The normalized spacial score (nSPS) is 11.2. The van der Waals surface area contributed by atoms with Gasteiger partial charge >= 0.3 is 6.18 Å². The van der Waals surface area contributed by atoms with Gasteiger partial charge in [0, 0.05) is 12.2 Å². The van der Waals surface area contributed by atoms with Gasteiger partial charge < -0.3 is 5.32 Å². The first-order chi connectivity index (χ1) is 7.55. The van der Waals surface area contributed by atoms with Crippen molar-refractivity contribution in [2.75, 3.05) is 11.9 Å². The summed E-state index contributed by atoms with van der Waals surface area (Å²) in [5, 5.41) is 2.79. The number of hydrogen-bond acceptors (Lipinski definition) is 1. The Balaban J connectivity index is 2.68. The summed E-state index contributed by atoms with van der Waals surface area (Å²) in [6.07, 6.45) is -0.990. The minimum Gasteiger partial charge on any atom is -0.385 e. The third-order valence-corrected chi connectivity index (χ3v) is 2.13. The van der Waals surface area contributed by atoms with Crippen LogP contribution in [0.4, 0.5) is 18.9 Å². The lowest BCUT2D eigenvalue weighted by atomic mass is 10.1. The van der Waals surface area contributed by atoms with Crippen molar-refractivity contribution < 1.29 is 13.2 Å². The highest BCUT2D eigenvalue weighted by atomic mass is 19.4. The van der Waals surface area contributed by atoms with Crippen molar-refractivity contribution in [3.8, 4) is 0 Å². The minimum absolute atomic E-state index is 0.138. The van der Waals surface area contributed by atoms with Crippen molar-refractivity contribution in [1.82, 2.24) is 0 Å². The zero-order valence-electron chi connectivity index (χ0n) is 8.85. The highest BCUT2D eigenvalue weighted by molar-refractivity contribution is 5.52. The number of alkyl halides is 3. The number of benzene rings is 1. The van der Waals surface area contributed by atoms with E-state index in [1.165, 1.54) is 12.1 Å². The number of unbranched alkanes of at least 4 members (excludes halogenated alkanes) is 1. The molecular weight excluding hydrogens is 215 g/mol. The van der Waals surface area contributed by atoms with E-state index in [2.05, 4.69) is 11.9 Å². The molecule has 1 aromatic carbocycles. The van der Waals surface area contributed by atoms with Crippen LogP contribution in [0.15, 0.2) is 36.9 Å². The maximum absolute atomic E-state index is 12.6. The quantitative estimate of drug-likeness (QED) is 0.592. The smallest absolute Gasteiger partial charge is 0.385 e. The zero-order chi connectivity index (χ0) is 12.0. The van der Waals surface area contributed by atoms with Crippen LogP contribution in [0.2, 0.25) is 0 Å². The highest BCUT2D eigenvalue weighted by Crippen LogP contribution is 2.34. The second-order valence-electron chi connectivity index (χ2n) is 3.40. The van der Waals surface area contributed by atoms with Crippen LogP contribution in [0.5, 0.6) is 0 Å². The maximum Gasteiger partial charge on any atom is 0.418 e. The molecule has 0 radical (unpaired) electrons. The number of rotatable bonds is 5. The molecule has 0 saturated heterocycles. The van der Waals surface area contributed by atoms with Gasteiger partial charge in [-0.15, -0.1) is 6.58 Å². The van der Waals surface area contributed by atoms with Crippen molar-refractivity contribution in [2.45, 2.75) is 19.0 Å². The fraction of sp³-hybridized carbons (Fsp3) is 0.333. The predicted octanol–water partition coefficient (Wildman–Crippen LogP) is 4.08. The van der Waals surface area contributed by atoms with Crippen LogP contribution >= 0.6 is 0 Å². The lowest BCUT2D eigenvalue weighted by Crippen LogP contribution is -2.11. The number of anilines is 1. The fourth-order valence-corrected chi connectivity index (χ4v) is 1.35. The summed E-state index contributed by atoms with van der Waals surface area (Å²) in [7, 11) is 0. The Morgan fingerprint density at radius 3 is 2.56 bits per heavy atom. The standard InChI is InChI=1S/C12H14F3N/c1-2-3-6-9-16-11-8-5-4-7-10(11)12(13,14)15/h2,4-5,7-8,16H,1,3,6,9H2. The summed E-state index contributed by atoms with van der Waals surface area (Å²) in [4.78, 5) is 0. The molecule has 0 aromatic heterocycles. The first-order valence-electron chi connectivity index (χ1n) is 5.06. The number of para-hydroxylation sites is 1. The van der Waals surface area contributed by atoms with E-state index in [4.69, 9.17) is 0 Å². The van der Waals surface area contributed by atoms with Gasteiger partial charge in [-0.05, 0) is 25.0 Å². The lowest BCUT2D eigenvalue weighted by molar-refractivity contribution is -0.136.